The van der Waals surface area contributed by atoms with Crippen LogP contribution in [-0.4, -0.2) is 50.3 Å². The van der Waals surface area contributed by atoms with Crippen LogP contribution in [-0.2, 0) is 10.1 Å². The fourth-order valence-corrected chi connectivity index (χ4v) is 3.44. The second-order valence-electron chi connectivity index (χ2n) is 5.46. The van der Waals surface area contributed by atoms with E-state index in [1.165, 1.54) is 0 Å². The number of hydrogen-bond acceptors (Lipinski definition) is 3. The van der Waals surface area contributed by atoms with E-state index in [4.69, 9.17) is 4.74 Å². The van der Waals surface area contributed by atoms with Crippen molar-refractivity contribution in [2.24, 2.45) is 0 Å². The van der Waals surface area contributed by atoms with Gasteiger partial charge in [-0.25, -0.2) is 4.39 Å². The van der Waals surface area contributed by atoms with Gasteiger partial charge in [-0.2, -0.15) is 0 Å². The lowest BCUT2D eigenvalue weighted by Crippen LogP contribution is -2.44. The summed E-state index contributed by atoms with van der Waals surface area (Å²) in [7, 11) is 0. The molecule has 1 atom stereocenters. The van der Waals surface area contributed by atoms with Gasteiger partial charge >= 0.3 is 0 Å². The molecule has 0 aromatic heterocycles. The molecule has 2 aliphatic heterocycles. The predicted molar refractivity (Wildman–Crippen MR) is 82.0 cm³/mol. The van der Waals surface area contributed by atoms with E-state index in [1.807, 2.05) is 12.1 Å². The van der Waals surface area contributed by atoms with Crippen LogP contribution in [0.2, 0.25) is 0 Å². The van der Waals surface area contributed by atoms with Gasteiger partial charge in [-0.3, -0.25) is 4.90 Å². The normalized spacial score (nSPS) is 24.3. The van der Waals surface area contributed by atoms with E-state index in [-0.39, 0.29) is 5.82 Å². The van der Waals surface area contributed by atoms with Crippen LogP contribution in [0.25, 0.3) is 0 Å². The third kappa shape index (κ3) is 3.00. The molecule has 0 radical (unpaired) electrons. The fraction of sp³-hybridized carbons (Fsp3) is 0.600. The number of anilines is 1. The molecule has 0 spiro atoms. The number of benzene rings is 1. The Morgan fingerprint density at radius 3 is 2.75 bits per heavy atom. The molecule has 2 saturated heterocycles. The van der Waals surface area contributed by atoms with Crippen molar-refractivity contribution in [2.75, 3.05) is 44.3 Å². The minimum Gasteiger partial charge on any atom is -0.379 e. The highest BCUT2D eigenvalue weighted by atomic mass is 79.9. The van der Waals surface area contributed by atoms with Crippen molar-refractivity contribution in [3.8, 4) is 0 Å². The van der Waals surface area contributed by atoms with Gasteiger partial charge in [-0.15, -0.1) is 0 Å². The molecule has 2 aliphatic rings. The van der Waals surface area contributed by atoms with Crippen LogP contribution in [0, 0.1) is 5.82 Å². The van der Waals surface area contributed by atoms with Crippen molar-refractivity contribution in [2.45, 2.75) is 17.8 Å². The Kier molecular flexibility index (Phi) is 4.58. The van der Waals surface area contributed by atoms with Crippen molar-refractivity contribution >= 4 is 21.6 Å². The SMILES string of the molecule is Fc1cc(CBr)ccc1N1CCC(N2CCOCC2)C1. The van der Waals surface area contributed by atoms with Gasteiger partial charge in [0.25, 0.3) is 0 Å². The molecule has 0 N–H and O–H groups in total. The van der Waals surface area contributed by atoms with E-state index >= 15 is 0 Å². The lowest BCUT2D eigenvalue weighted by molar-refractivity contribution is 0.0209. The average molecular weight is 343 g/mol. The molecule has 0 saturated carbocycles. The monoisotopic (exact) mass is 342 g/mol. The zero-order valence-corrected chi connectivity index (χ0v) is 13.1. The van der Waals surface area contributed by atoms with Gasteiger partial charge in [-0.05, 0) is 24.1 Å². The maximum absolute atomic E-state index is 14.2. The number of ether oxygens (including phenoxy) is 1. The zero-order chi connectivity index (χ0) is 13.9. The lowest BCUT2D eigenvalue weighted by Gasteiger charge is -2.32. The maximum atomic E-state index is 14.2. The number of alkyl halides is 1. The summed E-state index contributed by atoms with van der Waals surface area (Å²) >= 11 is 3.36. The summed E-state index contributed by atoms with van der Waals surface area (Å²) in [6.07, 6.45) is 1.11. The molecule has 5 heteroatoms. The van der Waals surface area contributed by atoms with Gasteiger partial charge in [0.2, 0.25) is 0 Å². The lowest BCUT2D eigenvalue weighted by atomic mass is 10.2. The van der Waals surface area contributed by atoms with E-state index < -0.39 is 0 Å². The fourth-order valence-electron chi connectivity index (χ4n) is 3.09. The van der Waals surface area contributed by atoms with Crippen molar-refractivity contribution in [3.63, 3.8) is 0 Å². The number of nitrogens with zero attached hydrogens (tertiary/aromatic N) is 2. The van der Waals surface area contributed by atoms with E-state index in [1.54, 1.807) is 6.07 Å². The summed E-state index contributed by atoms with van der Waals surface area (Å²) in [6.45, 7) is 5.51. The number of hydrogen-bond donors (Lipinski definition) is 0. The summed E-state index contributed by atoms with van der Waals surface area (Å²) in [5.41, 5.74) is 1.72. The van der Waals surface area contributed by atoms with E-state index in [0.717, 1.165) is 57.1 Å². The highest BCUT2D eigenvalue weighted by Gasteiger charge is 2.29. The average Bonchev–Trinajstić information content (AvgIpc) is 2.97. The molecule has 0 bridgehead atoms. The van der Waals surface area contributed by atoms with E-state index in [2.05, 4.69) is 25.7 Å². The Morgan fingerprint density at radius 1 is 1.25 bits per heavy atom. The third-order valence-corrected chi connectivity index (χ3v) is 4.88. The first-order valence-corrected chi connectivity index (χ1v) is 8.31. The molecule has 2 heterocycles. The van der Waals surface area contributed by atoms with Crippen LogP contribution < -0.4 is 4.90 Å². The van der Waals surface area contributed by atoms with Crippen LogP contribution >= 0.6 is 15.9 Å². The second-order valence-corrected chi connectivity index (χ2v) is 6.02. The minimum atomic E-state index is -0.107. The van der Waals surface area contributed by atoms with Gasteiger partial charge in [0.15, 0.2) is 0 Å². The molecule has 0 amide bonds. The molecule has 3 nitrogen and oxygen atoms in total. The van der Waals surface area contributed by atoms with Crippen LogP contribution in [0.1, 0.15) is 12.0 Å². The first-order chi connectivity index (χ1) is 9.78. The smallest absolute Gasteiger partial charge is 0.146 e. The molecule has 20 heavy (non-hydrogen) atoms. The number of halogens is 2. The molecule has 1 aromatic carbocycles. The molecular formula is C15H20BrFN2O. The largest absolute Gasteiger partial charge is 0.379 e. The van der Waals surface area contributed by atoms with Crippen LogP contribution in [0.5, 0.6) is 0 Å². The third-order valence-electron chi connectivity index (χ3n) is 4.23. The molecule has 0 aliphatic carbocycles. The first-order valence-electron chi connectivity index (χ1n) is 7.19. The summed E-state index contributed by atoms with van der Waals surface area (Å²) in [4.78, 5) is 4.65. The van der Waals surface area contributed by atoms with Gasteiger partial charge in [-0.1, -0.05) is 22.0 Å². The Hall–Kier alpha value is -0.650. The predicted octanol–water partition coefficient (Wildman–Crippen LogP) is 2.63. The molecular weight excluding hydrogens is 323 g/mol. The zero-order valence-electron chi connectivity index (χ0n) is 11.5. The molecule has 3 rings (SSSR count). The highest BCUT2D eigenvalue weighted by molar-refractivity contribution is 9.08. The summed E-state index contributed by atoms with van der Waals surface area (Å²) in [5.74, 6) is -0.107. The van der Waals surface area contributed by atoms with Crippen molar-refractivity contribution in [1.29, 1.82) is 0 Å². The topological polar surface area (TPSA) is 15.7 Å². The Morgan fingerprint density at radius 2 is 2.05 bits per heavy atom. The minimum absolute atomic E-state index is 0.107. The Bertz CT molecular complexity index is 465. The van der Waals surface area contributed by atoms with Crippen molar-refractivity contribution < 1.29 is 9.13 Å². The summed E-state index contributed by atoms with van der Waals surface area (Å²) < 4.78 is 19.6. The van der Waals surface area contributed by atoms with Gasteiger partial charge in [0.1, 0.15) is 5.82 Å². The molecule has 1 aromatic rings. The molecule has 1 unspecified atom stereocenters. The summed E-state index contributed by atoms with van der Waals surface area (Å²) in [6, 6.07) is 6.07. The highest BCUT2D eigenvalue weighted by Crippen LogP contribution is 2.27. The van der Waals surface area contributed by atoms with E-state index in [9.17, 15) is 4.39 Å². The van der Waals surface area contributed by atoms with Crippen molar-refractivity contribution in [3.05, 3.63) is 29.6 Å². The van der Waals surface area contributed by atoms with E-state index in [0.29, 0.717) is 11.4 Å². The second kappa shape index (κ2) is 6.41. The molecule has 2 fully saturated rings. The van der Waals surface area contributed by atoms with Crippen LogP contribution in [0.3, 0.4) is 0 Å². The molecule has 110 valence electrons. The summed E-state index contributed by atoms with van der Waals surface area (Å²) in [5, 5.41) is 0.695. The standard InChI is InChI=1S/C15H20BrFN2O/c16-10-12-1-2-15(14(17)9-12)19-4-3-13(11-19)18-5-7-20-8-6-18/h1-2,9,13H,3-8,10-11H2. The Labute approximate surface area is 127 Å². The van der Waals surface area contributed by atoms with Gasteiger partial charge in [0.05, 0.1) is 18.9 Å². The van der Waals surface area contributed by atoms with Crippen LogP contribution in [0.15, 0.2) is 18.2 Å². The first kappa shape index (κ1) is 14.3. The van der Waals surface area contributed by atoms with Crippen molar-refractivity contribution in [1.82, 2.24) is 4.90 Å². The number of rotatable bonds is 3. The van der Waals surface area contributed by atoms with Gasteiger partial charge < -0.3 is 9.64 Å². The van der Waals surface area contributed by atoms with Crippen LogP contribution in [0.4, 0.5) is 10.1 Å². The maximum Gasteiger partial charge on any atom is 0.146 e. The van der Waals surface area contributed by atoms with Gasteiger partial charge in [0, 0.05) is 37.6 Å². The Balaban J connectivity index is 1.67. The quantitative estimate of drug-likeness (QED) is 0.785. The number of morpholine rings is 1.